The van der Waals surface area contributed by atoms with Gasteiger partial charge in [0.1, 0.15) is 0 Å². The van der Waals surface area contributed by atoms with Crippen molar-refractivity contribution in [1.29, 1.82) is 0 Å². The minimum atomic E-state index is -0.143. The number of piperidine rings is 1. The molecule has 2 unspecified atom stereocenters. The number of fused-ring (bicyclic) bond motifs is 2. The Hall–Kier alpha value is -0.770. The van der Waals surface area contributed by atoms with Crippen molar-refractivity contribution in [3.05, 3.63) is 28.8 Å². The van der Waals surface area contributed by atoms with Gasteiger partial charge in [0, 0.05) is 18.1 Å². The molecule has 19 heavy (non-hydrogen) atoms. The van der Waals surface area contributed by atoms with E-state index in [1.54, 1.807) is 0 Å². The van der Waals surface area contributed by atoms with E-state index in [9.17, 15) is 5.11 Å². The molecule has 0 amide bonds. The van der Waals surface area contributed by atoms with Gasteiger partial charge in [0.2, 0.25) is 0 Å². The summed E-state index contributed by atoms with van der Waals surface area (Å²) in [5.74, 6) is 0. The third-order valence-electron chi connectivity index (χ3n) is 4.48. The third kappa shape index (κ3) is 2.35. The number of hydrogen-bond acceptors (Lipinski definition) is 3. The van der Waals surface area contributed by atoms with Crippen LogP contribution in [-0.4, -0.2) is 23.3 Å². The van der Waals surface area contributed by atoms with Gasteiger partial charge in [-0.1, -0.05) is 17.7 Å². The number of hydrogen-bond donors (Lipinski definition) is 2. The molecule has 2 saturated heterocycles. The fraction of sp³-hybridized carbons (Fsp3) is 0.600. The maximum Gasteiger partial charge on any atom is 0.0643 e. The summed E-state index contributed by atoms with van der Waals surface area (Å²) < 4.78 is 0. The molecule has 1 aromatic rings. The highest BCUT2D eigenvalue weighted by Gasteiger charge is 2.40. The number of anilines is 1. The topological polar surface area (TPSA) is 49.5 Å². The third-order valence-corrected chi connectivity index (χ3v) is 4.79. The van der Waals surface area contributed by atoms with E-state index in [0.717, 1.165) is 42.0 Å². The number of aliphatic hydroxyl groups is 1. The van der Waals surface area contributed by atoms with Gasteiger partial charge in [-0.3, -0.25) is 0 Å². The maximum atomic E-state index is 9.86. The van der Waals surface area contributed by atoms with Gasteiger partial charge in [0.25, 0.3) is 0 Å². The van der Waals surface area contributed by atoms with E-state index in [2.05, 4.69) is 17.0 Å². The first-order valence-electron chi connectivity index (χ1n) is 7.07. The van der Waals surface area contributed by atoms with Crippen molar-refractivity contribution in [1.82, 2.24) is 0 Å². The molecule has 2 heterocycles. The van der Waals surface area contributed by atoms with Crippen LogP contribution in [0.2, 0.25) is 5.02 Å². The largest absolute Gasteiger partial charge is 0.393 e. The van der Waals surface area contributed by atoms with Gasteiger partial charge in [-0.25, -0.2) is 0 Å². The van der Waals surface area contributed by atoms with Crippen LogP contribution < -0.4 is 10.6 Å². The van der Waals surface area contributed by atoms with Gasteiger partial charge in [0.05, 0.1) is 16.8 Å². The van der Waals surface area contributed by atoms with Crippen molar-refractivity contribution in [2.45, 2.75) is 56.8 Å². The average Bonchev–Trinajstić information content (AvgIpc) is 2.62. The van der Waals surface area contributed by atoms with E-state index in [4.69, 9.17) is 17.3 Å². The van der Waals surface area contributed by atoms with Crippen molar-refractivity contribution in [2.24, 2.45) is 5.73 Å². The standard InChI is InChI=1S/C15H21ClN2O/c1-9(17)10-2-5-15(14(16)6-10)18-11-3-4-12(18)8-13(19)7-11/h2,5-6,9,11-13,19H,3-4,7-8,17H2,1H3/t9-,11?,12?,13?/m1/s1. The van der Waals surface area contributed by atoms with Crippen molar-refractivity contribution >= 4 is 17.3 Å². The lowest BCUT2D eigenvalue weighted by Gasteiger charge is -2.39. The Morgan fingerprint density at radius 1 is 1.32 bits per heavy atom. The molecule has 0 spiro atoms. The van der Waals surface area contributed by atoms with Gasteiger partial charge in [-0.15, -0.1) is 0 Å². The van der Waals surface area contributed by atoms with Crippen LogP contribution in [0.25, 0.3) is 0 Å². The second-order valence-electron chi connectivity index (χ2n) is 5.92. The Morgan fingerprint density at radius 3 is 2.47 bits per heavy atom. The zero-order valence-corrected chi connectivity index (χ0v) is 12.0. The van der Waals surface area contributed by atoms with Crippen molar-refractivity contribution < 1.29 is 5.11 Å². The van der Waals surface area contributed by atoms with Gasteiger partial charge >= 0.3 is 0 Å². The molecule has 0 aliphatic carbocycles. The summed E-state index contributed by atoms with van der Waals surface area (Å²) in [6.07, 6.45) is 3.90. The number of aliphatic hydroxyl groups excluding tert-OH is 1. The highest BCUT2D eigenvalue weighted by Crippen LogP contribution is 2.42. The average molecular weight is 281 g/mol. The lowest BCUT2D eigenvalue weighted by molar-refractivity contribution is 0.126. The Balaban J connectivity index is 1.91. The van der Waals surface area contributed by atoms with E-state index in [-0.39, 0.29) is 12.1 Å². The molecule has 1 aromatic carbocycles. The van der Waals surface area contributed by atoms with Crippen molar-refractivity contribution in [3.8, 4) is 0 Å². The monoisotopic (exact) mass is 280 g/mol. The highest BCUT2D eigenvalue weighted by molar-refractivity contribution is 6.33. The molecule has 2 fully saturated rings. The zero-order valence-electron chi connectivity index (χ0n) is 11.2. The number of benzene rings is 1. The van der Waals surface area contributed by atoms with E-state index in [1.807, 2.05) is 13.0 Å². The normalized spacial score (nSPS) is 31.6. The first-order valence-corrected chi connectivity index (χ1v) is 7.45. The molecule has 0 radical (unpaired) electrons. The van der Waals surface area contributed by atoms with Crippen LogP contribution in [0.5, 0.6) is 0 Å². The second-order valence-corrected chi connectivity index (χ2v) is 6.32. The Labute approximate surface area is 119 Å². The summed E-state index contributed by atoms with van der Waals surface area (Å²) in [5.41, 5.74) is 8.06. The molecule has 0 aromatic heterocycles. The number of nitrogens with zero attached hydrogens (tertiary/aromatic N) is 1. The minimum Gasteiger partial charge on any atom is -0.393 e. The van der Waals surface area contributed by atoms with E-state index >= 15 is 0 Å². The Morgan fingerprint density at radius 2 is 1.95 bits per heavy atom. The lowest BCUT2D eigenvalue weighted by Crippen LogP contribution is -2.44. The van der Waals surface area contributed by atoms with E-state index in [1.165, 1.54) is 0 Å². The summed E-state index contributed by atoms with van der Waals surface area (Å²) in [4.78, 5) is 2.42. The molecule has 3 atom stereocenters. The van der Waals surface area contributed by atoms with Gasteiger partial charge in [-0.2, -0.15) is 0 Å². The van der Waals surface area contributed by atoms with Crippen LogP contribution in [0.1, 0.15) is 44.2 Å². The molecule has 3 N–H and O–H groups in total. The lowest BCUT2D eigenvalue weighted by atomic mass is 9.98. The van der Waals surface area contributed by atoms with Gasteiger partial charge < -0.3 is 15.7 Å². The molecule has 2 bridgehead atoms. The molecule has 2 aliphatic heterocycles. The number of nitrogens with two attached hydrogens (primary N) is 1. The number of rotatable bonds is 2. The van der Waals surface area contributed by atoms with Crippen LogP contribution in [0.15, 0.2) is 18.2 Å². The highest BCUT2D eigenvalue weighted by atomic mass is 35.5. The molecule has 3 nitrogen and oxygen atoms in total. The van der Waals surface area contributed by atoms with E-state index < -0.39 is 0 Å². The first-order chi connectivity index (χ1) is 9.06. The summed E-state index contributed by atoms with van der Waals surface area (Å²) in [5, 5.41) is 10.6. The predicted molar refractivity (Wildman–Crippen MR) is 78.6 cm³/mol. The Bertz CT molecular complexity index is 463. The SMILES string of the molecule is C[C@@H](N)c1ccc(N2C3CCC2CC(O)C3)c(Cl)c1. The van der Waals surface area contributed by atoms with Crippen LogP contribution >= 0.6 is 11.6 Å². The van der Waals surface area contributed by atoms with Gasteiger partial charge in [-0.05, 0) is 50.3 Å². The molecule has 2 aliphatic rings. The fourth-order valence-corrected chi connectivity index (χ4v) is 3.84. The quantitative estimate of drug-likeness (QED) is 0.876. The fourth-order valence-electron chi connectivity index (χ4n) is 3.56. The van der Waals surface area contributed by atoms with Crippen molar-refractivity contribution in [2.75, 3.05) is 4.90 Å². The second kappa shape index (κ2) is 4.97. The molecular formula is C15H21ClN2O. The number of halogens is 1. The van der Waals surface area contributed by atoms with Gasteiger partial charge in [0.15, 0.2) is 0 Å². The van der Waals surface area contributed by atoms with Crippen LogP contribution in [-0.2, 0) is 0 Å². The molecular weight excluding hydrogens is 260 g/mol. The van der Waals surface area contributed by atoms with E-state index in [0.29, 0.717) is 12.1 Å². The summed E-state index contributed by atoms with van der Waals surface area (Å²) in [6.45, 7) is 1.96. The predicted octanol–water partition coefficient (Wildman–Crippen LogP) is 2.85. The minimum absolute atomic E-state index is 0.00597. The Kier molecular flexibility index (Phi) is 3.46. The molecule has 4 heteroatoms. The van der Waals surface area contributed by atoms with Crippen LogP contribution in [0, 0.1) is 0 Å². The smallest absolute Gasteiger partial charge is 0.0643 e. The summed E-state index contributed by atoms with van der Waals surface area (Å²) in [6, 6.07) is 7.01. The maximum absolute atomic E-state index is 9.86. The molecule has 3 rings (SSSR count). The van der Waals surface area contributed by atoms with Crippen molar-refractivity contribution in [3.63, 3.8) is 0 Å². The van der Waals surface area contributed by atoms with Crippen LogP contribution in [0.3, 0.4) is 0 Å². The zero-order chi connectivity index (χ0) is 13.6. The molecule has 0 saturated carbocycles. The summed E-state index contributed by atoms with van der Waals surface area (Å²) >= 11 is 6.44. The molecule has 104 valence electrons. The summed E-state index contributed by atoms with van der Waals surface area (Å²) in [7, 11) is 0. The first kappa shape index (κ1) is 13.2. The van der Waals surface area contributed by atoms with Crippen LogP contribution in [0.4, 0.5) is 5.69 Å².